The molecule has 1 N–H and O–H groups in total. The Hall–Kier alpha value is -1.71. The minimum Gasteiger partial charge on any atom is -0.504 e. The topological polar surface area (TPSA) is 49.8 Å². The van der Waals surface area contributed by atoms with Crippen LogP contribution in [0.1, 0.15) is 42.5 Å². The molecule has 1 aromatic carbocycles. The lowest BCUT2D eigenvalue weighted by Crippen LogP contribution is -2.32. The largest absolute Gasteiger partial charge is 0.504 e. The molecule has 0 unspecified atom stereocenters. The predicted octanol–water partition coefficient (Wildman–Crippen LogP) is 3.05. The molecule has 1 amide bonds. The van der Waals surface area contributed by atoms with Crippen molar-refractivity contribution in [2.45, 2.75) is 32.1 Å². The maximum absolute atomic E-state index is 12.3. The van der Waals surface area contributed by atoms with E-state index in [-0.39, 0.29) is 11.7 Å². The number of phenols is 1. The van der Waals surface area contributed by atoms with Crippen LogP contribution in [-0.2, 0) is 0 Å². The van der Waals surface area contributed by atoms with Crippen molar-refractivity contribution in [2.75, 3.05) is 20.7 Å². The summed E-state index contributed by atoms with van der Waals surface area (Å²) in [6.45, 7) is 0.797. The van der Waals surface area contributed by atoms with Crippen LogP contribution in [0, 0.1) is 5.92 Å². The molecule has 1 aliphatic rings. The second-order valence-corrected chi connectivity index (χ2v) is 5.58. The zero-order valence-corrected chi connectivity index (χ0v) is 12.3. The molecule has 1 aliphatic carbocycles. The van der Waals surface area contributed by atoms with Crippen molar-refractivity contribution in [1.82, 2.24) is 4.90 Å². The normalized spacial score (nSPS) is 15.9. The van der Waals surface area contributed by atoms with Crippen molar-refractivity contribution in [2.24, 2.45) is 5.92 Å². The van der Waals surface area contributed by atoms with Gasteiger partial charge in [0.1, 0.15) is 0 Å². The molecule has 0 spiro atoms. The number of hydrogen-bond donors (Lipinski definition) is 1. The quantitative estimate of drug-likeness (QED) is 0.920. The van der Waals surface area contributed by atoms with E-state index in [1.807, 2.05) is 7.05 Å². The fourth-order valence-corrected chi connectivity index (χ4v) is 2.88. The summed E-state index contributed by atoms with van der Waals surface area (Å²) in [5, 5.41) is 9.75. The first-order valence-electron chi connectivity index (χ1n) is 7.24. The van der Waals surface area contributed by atoms with Gasteiger partial charge in [-0.15, -0.1) is 0 Å². The van der Waals surface area contributed by atoms with Crippen LogP contribution in [0.2, 0.25) is 0 Å². The molecular formula is C16H23NO3. The van der Waals surface area contributed by atoms with E-state index in [0.717, 1.165) is 6.54 Å². The van der Waals surface area contributed by atoms with E-state index in [1.54, 1.807) is 17.0 Å². The van der Waals surface area contributed by atoms with Gasteiger partial charge in [-0.05, 0) is 37.0 Å². The Morgan fingerprint density at radius 1 is 1.35 bits per heavy atom. The van der Waals surface area contributed by atoms with Gasteiger partial charge in [0.05, 0.1) is 7.11 Å². The highest BCUT2D eigenvalue weighted by molar-refractivity contribution is 5.94. The van der Waals surface area contributed by atoms with Gasteiger partial charge in [-0.2, -0.15) is 0 Å². The van der Waals surface area contributed by atoms with Crippen molar-refractivity contribution < 1.29 is 14.6 Å². The molecule has 1 fully saturated rings. The average Bonchev–Trinajstić information content (AvgIpc) is 2.47. The average molecular weight is 277 g/mol. The van der Waals surface area contributed by atoms with Crippen LogP contribution in [0.3, 0.4) is 0 Å². The summed E-state index contributed by atoms with van der Waals surface area (Å²) in [6, 6.07) is 4.79. The number of rotatable bonds is 4. The first-order chi connectivity index (χ1) is 9.61. The monoisotopic (exact) mass is 277 g/mol. The van der Waals surface area contributed by atoms with Crippen molar-refractivity contribution in [3.05, 3.63) is 23.8 Å². The summed E-state index contributed by atoms with van der Waals surface area (Å²) >= 11 is 0. The van der Waals surface area contributed by atoms with Gasteiger partial charge in [-0.3, -0.25) is 4.79 Å². The van der Waals surface area contributed by atoms with E-state index in [9.17, 15) is 9.90 Å². The molecule has 1 aromatic rings. The SMILES string of the molecule is COc1ccc(C(=O)N(C)CC2CCCCC2)cc1O. The number of aromatic hydroxyl groups is 1. The molecule has 1 saturated carbocycles. The zero-order chi connectivity index (χ0) is 14.5. The van der Waals surface area contributed by atoms with Crippen LogP contribution in [0.25, 0.3) is 0 Å². The smallest absolute Gasteiger partial charge is 0.253 e. The van der Waals surface area contributed by atoms with E-state index in [4.69, 9.17) is 4.74 Å². The number of carbonyl (C=O) groups is 1. The minimum atomic E-state index is -0.0477. The van der Waals surface area contributed by atoms with Crippen LogP contribution >= 0.6 is 0 Å². The van der Waals surface area contributed by atoms with Gasteiger partial charge in [0.15, 0.2) is 11.5 Å². The Kier molecular flexibility index (Phi) is 4.88. The number of benzene rings is 1. The number of carbonyl (C=O) groups excluding carboxylic acids is 1. The van der Waals surface area contributed by atoms with Crippen LogP contribution in [-0.4, -0.2) is 36.6 Å². The molecule has 0 aliphatic heterocycles. The van der Waals surface area contributed by atoms with E-state index >= 15 is 0 Å². The Morgan fingerprint density at radius 2 is 2.05 bits per heavy atom. The molecule has 0 atom stereocenters. The van der Waals surface area contributed by atoms with Gasteiger partial charge in [0.2, 0.25) is 0 Å². The number of ether oxygens (including phenoxy) is 1. The third-order valence-corrected chi connectivity index (χ3v) is 4.03. The van der Waals surface area contributed by atoms with E-state index < -0.39 is 0 Å². The molecule has 20 heavy (non-hydrogen) atoms. The van der Waals surface area contributed by atoms with Gasteiger partial charge >= 0.3 is 0 Å². The molecule has 110 valence electrons. The van der Waals surface area contributed by atoms with Crippen LogP contribution < -0.4 is 4.74 Å². The van der Waals surface area contributed by atoms with E-state index in [1.165, 1.54) is 45.3 Å². The maximum atomic E-state index is 12.3. The van der Waals surface area contributed by atoms with Crippen molar-refractivity contribution in [3.63, 3.8) is 0 Å². The highest BCUT2D eigenvalue weighted by Crippen LogP contribution is 2.28. The molecular weight excluding hydrogens is 254 g/mol. The zero-order valence-electron chi connectivity index (χ0n) is 12.3. The Morgan fingerprint density at radius 3 is 2.65 bits per heavy atom. The Balaban J connectivity index is 2.00. The third kappa shape index (κ3) is 3.44. The fourth-order valence-electron chi connectivity index (χ4n) is 2.88. The summed E-state index contributed by atoms with van der Waals surface area (Å²) in [5.41, 5.74) is 0.501. The molecule has 0 bridgehead atoms. The van der Waals surface area contributed by atoms with Gasteiger partial charge in [-0.1, -0.05) is 19.3 Å². The lowest BCUT2D eigenvalue weighted by Gasteiger charge is -2.27. The summed E-state index contributed by atoms with van der Waals surface area (Å²) in [5.74, 6) is 0.957. The molecule has 0 heterocycles. The van der Waals surface area contributed by atoms with Gasteiger partial charge in [-0.25, -0.2) is 0 Å². The summed E-state index contributed by atoms with van der Waals surface area (Å²) in [6.07, 6.45) is 6.30. The molecule has 0 aromatic heterocycles. The number of phenolic OH excluding ortho intramolecular Hbond substituents is 1. The maximum Gasteiger partial charge on any atom is 0.253 e. The van der Waals surface area contributed by atoms with E-state index in [0.29, 0.717) is 17.2 Å². The highest BCUT2D eigenvalue weighted by atomic mass is 16.5. The summed E-state index contributed by atoms with van der Waals surface area (Å²) in [4.78, 5) is 14.1. The molecule has 0 radical (unpaired) electrons. The number of amides is 1. The first-order valence-corrected chi connectivity index (χ1v) is 7.24. The minimum absolute atomic E-state index is 0.00409. The molecule has 4 nitrogen and oxygen atoms in total. The lowest BCUT2D eigenvalue weighted by molar-refractivity contribution is 0.0760. The number of hydrogen-bond acceptors (Lipinski definition) is 3. The second-order valence-electron chi connectivity index (χ2n) is 5.58. The summed E-state index contributed by atoms with van der Waals surface area (Å²) < 4.78 is 4.99. The first kappa shape index (κ1) is 14.7. The molecule has 2 rings (SSSR count). The van der Waals surface area contributed by atoms with Crippen molar-refractivity contribution in [1.29, 1.82) is 0 Å². The Bertz CT molecular complexity index is 467. The van der Waals surface area contributed by atoms with Gasteiger partial charge in [0.25, 0.3) is 5.91 Å². The number of methoxy groups -OCH3 is 1. The Labute approximate surface area is 120 Å². The van der Waals surface area contributed by atoms with Crippen LogP contribution in [0.5, 0.6) is 11.5 Å². The second kappa shape index (κ2) is 6.64. The van der Waals surface area contributed by atoms with Crippen LogP contribution in [0.15, 0.2) is 18.2 Å². The van der Waals surface area contributed by atoms with Crippen LogP contribution in [0.4, 0.5) is 0 Å². The van der Waals surface area contributed by atoms with Crippen molar-refractivity contribution >= 4 is 5.91 Å². The lowest BCUT2D eigenvalue weighted by atomic mass is 9.89. The molecule has 4 heteroatoms. The van der Waals surface area contributed by atoms with E-state index in [2.05, 4.69) is 0 Å². The predicted molar refractivity (Wildman–Crippen MR) is 78.2 cm³/mol. The highest BCUT2D eigenvalue weighted by Gasteiger charge is 2.19. The standard InChI is InChI=1S/C16H23NO3/c1-17(11-12-6-4-3-5-7-12)16(19)13-8-9-15(20-2)14(18)10-13/h8-10,12,18H,3-7,11H2,1-2H3. The summed E-state index contributed by atoms with van der Waals surface area (Å²) in [7, 11) is 3.32. The van der Waals surface area contributed by atoms with Gasteiger partial charge in [0, 0.05) is 19.2 Å². The molecule has 0 saturated heterocycles. The van der Waals surface area contributed by atoms with Crippen molar-refractivity contribution in [3.8, 4) is 11.5 Å². The van der Waals surface area contributed by atoms with Gasteiger partial charge < -0.3 is 14.7 Å². The number of nitrogens with zero attached hydrogens (tertiary/aromatic N) is 1. The fraction of sp³-hybridized carbons (Fsp3) is 0.562. The third-order valence-electron chi connectivity index (χ3n) is 4.03.